The van der Waals surface area contributed by atoms with Crippen LogP contribution in [0, 0.1) is 0 Å². The number of carbonyl (C=O) groups is 6. The topological polar surface area (TPSA) is 340 Å². The number of benzene rings is 1. The van der Waals surface area contributed by atoms with E-state index in [4.69, 9.17) is 10.5 Å². The van der Waals surface area contributed by atoms with E-state index in [1.54, 1.807) is 34.1 Å². The number of aliphatic carboxylic acids is 2. The Morgan fingerprint density at radius 3 is 2.05 bits per heavy atom. The molecule has 0 aliphatic carbocycles. The van der Waals surface area contributed by atoms with Crippen molar-refractivity contribution in [3.8, 4) is 0 Å². The number of aromatic nitrogens is 4. The van der Waals surface area contributed by atoms with Gasteiger partial charge in [-0.25, -0.2) is 9.97 Å². The Labute approximate surface area is 356 Å². The van der Waals surface area contributed by atoms with E-state index in [-0.39, 0.29) is 99.8 Å². The first kappa shape index (κ1) is 48.3. The number of H-pyrrole nitrogens is 1. The van der Waals surface area contributed by atoms with Crippen LogP contribution in [0.4, 0.5) is 11.6 Å². The number of carbonyl (C=O) groups excluding carboxylic acids is 4. The molecule has 1 fully saturated rings. The number of anilines is 2. The molecule has 0 spiro atoms. The Morgan fingerprint density at radius 2 is 1.47 bits per heavy atom. The van der Waals surface area contributed by atoms with E-state index < -0.39 is 42.3 Å². The van der Waals surface area contributed by atoms with Gasteiger partial charge < -0.3 is 52.4 Å². The van der Waals surface area contributed by atoms with E-state index in [1.807, 2.05) is 4.90 Å². The fourth-order valence-corrected chi connectivity index (χ4v) is 6.62. The molecule has 3 heterocycles. The van der Waals surface area contributed by atoms with Crippen molar-refractivity contribution in [2.45, 2.75) is 44.3 Å². The van der Waals surface area contributed by atoms with Crippen molar-refractivity contribution >= 4 is 58.4 Å². The lowest BCUT2D eigenvalue weighted by Gasteiger charge is -2.32. The maximum Gasteiger partial charge on any atom is 0.317 e. The summed E-state index contributed by atoms with van der Waals surface area (Å²) in [6, 6.07) is 5.19. The van der Waals surface area contributed by atoms with Crippen molar-refractivity contribution in [1.82, 2.24) is 55.9 Å². The van der Waals surface area contributed by atoms with E-state index >= 15 is 0 Å². The minimum absolute atomic E-state index is 0.000943. The Balaban J connectivity index is 1.19. The lowest BCUT2D eigenvalue weighted by Crippen LogP contribution is -2.50. The molecule has 24 heteroatoms. The number of likely N-dealkylation sites (N-methyl/N-ethyl adjacent to an activating group) is 1. The predicted molar refractivity (Wildman–Crippen MR) is 222 cm³/mol. The summed E-state index contributed by atoms with van der Waals surface area (Å²) in [6.45, 7) is 1.32. The average molecular weight is 870 g/mol. The van der Waals surface area contributed by atoms with Gasteiger partial charge in [0.15, 0.2) is 11.2 Å². The molecule has 1 saturated heterocycles. The highest BCUT2D eigenvalue weighted by molar-refractivity contribution is 5.94. The molecule has 1 aliphatic rings. The molecule has 3 aromatic rings. The highest BCUT2D eigenvalue weighted by Crippen LogP contribution is 2.14. The summed E-state index contributed by atoms with van der Waals surface area (Å²) in [7, 11) is 1.48. The number of nitrogens with two attached hydrogens (primary N) is 1. The van der Waals surface area contributed by atoms with Gasteiger partial charge in [-0.3, -0.25) is 53.2 Å². The molecule has 0 saturated carbocycles. The lowest BCUT2D eigenvalue weighted by atomic mass is 10.1. The number of rotatable bonds is 23. The quantitative estimate of drug-likeness (QED) is 0.0335. The summed E-state index contributed by atoms with van der Waals surface area (Å²) in [5.74, 6) is -3.58. The van der Waals surface area contributed by atoms with Crippen LogP contribution in [0.25, 0.3) is 11.2 Å². The number of carboxylic acids is 2. The third-order valence-electron chi connectivity index (χ3n) is 9.83. The van der Waals surface area contributed by atoms with E-state index in [0.29, 0.717) is 56.2 Å². The van der Waals surface area contributed by atoms with Crippen molar-refractivity contribution in [3.63, 3.8) is 0 Å². The Morgan fingerprint density at radius 1 is 0.871 bits per heavy atom. The van der Waals surface area contributed by atoms with E-state index in [9.17, 15) is 48.9 Å². The number of fused-ring (bicyclic) bond motifs is 1. The van der Waals surface area contributed by atoms with Crippen LogP contribution in [0.3, 0.4) is 0 Å². The number of nitrogen functional groups attached to an aromatic ring is 1. The first-order valence-electron chi connectivity index (χ1n) is 20.0. The van der Waals surface area contributed by atoms with Crippen LogP contribution in [0.15, 0.2) is 35.3 Å². The molecule has 4 rings (SSSR count). The number of aliphatic hydroxyl groups is 1. The van der Waals surface area contributed by atoms with Gasteiger partial charge in [-0.2, -0.15) is 4.98 Å². The SMILES string of the molecule is CNC(=O)C(CCC(=O)NCCNC(=O)CCC(COCO)NC(=O)c1ccc(NCc2cnc3nc(N)[nH]c(=O)c3n2)cc1)N1CCN(CC(=O)O)CCN(CC(=O)O)CC1. The molecule has 2 aromatic heterocycles. The summed E-state index contributed by atoms with van der Waals surface area (Å²) in [5, 5.41) is 41.9. The molecule has 0 radical (unpaired) electrons. The molecular formula is C38H55N13O11. The molecule has 338 valence electrons. The highest BCUT2D eigenvalue weighted by Gasteiger charge is 2.28. The van der Waals surface area contributed by atoms with E-state index in [1.165, 1.54) is 13.2 Å². The minimum atomic E-state index is -1.02. The third-order valence-corrected chi connectivity index (χ3v) is 9.83. The number of nitrogens with zero attached hydrogens (tertiary/aromatic N) is 6. The molecule has 0 bridgehead atoms. The second-order valence-corrected chi connectivity index (χ2v) is 14.4. The van der Waals surface area contributed by atoms with Gasteiger partial charge in [0, 0.05) is 83.5 Å². The number of amides is 4. The monoisotopic (exact) mass is 869 g/mol. The number of hydrogen-bond donors (Lipinski definition) is 10. The van der Waals surface area contributed by atoms with Crippen LogP contribution in [0.2, 0.25) is 0 Å². The lowest BCUT2D eigenvalue weighted by molar-refractivity contribution is -0.140. The Hall–Kier alpha value is -6.34. The number of hydrogen-bond acceptors (Lipinski definition) is 17. The smallest absolute Gasteiger partial charge is 0.317 e. The van der Waals surface area contributed by atoms with Crippen LogP contribution < -0.4 is 37.9 Å². The zero-order valence-electron chi connectivity index (χ0n) is 34.4. The highest BCUT2D eigenvalue weighted by atomic mass is 16.6. The molecule has 11 N–H and O–H groups in total. The molecule has 24 nitrogen and oxygen atoms in total. The second kappa shape index (κ2) is 24.8. The van der Waals surface area contributed by atoms with E-state index in [0.717, 1.165) is 0 Å². The second-order valence-electron chi connectivity index (χ2n) is 14.4. The van der Waals surface area contributed by atoms with Crippen LogP contribution in [-0.2, 0) is 35.3 Å². The van der Waals surface area contributed by atoms with Gasteiger partial charge in [0.1, 0.15) is 6.79 Å². The Bertz CT molecular complexity index is 2030. The fourth-order valence-electron chi connectivity index (χ4n) is 6.62. The van der Waals surface area contributed by atoms with Gasteiger partial charge in [-0.05, 0) is 37.1 Å². The van der Waals surface area contributed by atoms with E-state index in [2.05, 4.69) is 46.5 Å². The molecule has 2 atom stereocenters. The largest absolute Gasteiger partial charge is 0.480 e. The molecule has 2 unspecified atom stereocenters. The summed E-state index contributed by atoms with van der Waals surface area (Å²) in [6.07, 6.45) is 1.77. The molecule has 4 amide bonds. The van der Waals surface area contributed by atoms with Crippen LogP contribution in [0.1, 0.15) is 41.7 Å². The molecule has 62 heavy (non-hydrogen) atoms. The van der Waals surface area contributed by atoms with Crippen molar-refractivity contribution in [3.05, 3.63) is 52.1 Å². The van der Waals surface area contributed by atoms with Crippen LogP contribution in [-0.4, -0.2) is 184 Å². The number of aliphatic hydroxyl groups excluding tert-OH is 1. The van der Waals surface area contributed by atoms with Gasteiger partial charge in [0.05, 0.1) is 50.2 Å². The summed E-state index contributed by atoms with van der Waals surface area (Å²) in [5.41, 5.74) is 6.68. The fraction of sp³-hybridized carbons (Fsp3) is 0.526. The summed E-state index contributed by atoms with van der Waals surface area (Å²) >= 11 is 0. The first-order valence-corrected chi connectivity index (χ1v) is 20.0. The summed E-state index contributed by atoms with van der Waals surface area (Å²) in [4.78, 5) is 106. The van der Waals surface area contributed by atoms with Gasteiger partial charge in [-0.15, -0.1) is 0 Å². The summed E-state index contributed by atoms with van der Waals surface area (Å²) < 4.78 is 5.11. The maximum absolute atomic E-state index is 13.1. The van der Waals surface area contributed by atoms with Gasteiger partial charge in [0.2, 0.25) is 23.7 Å². The minimum Gasteiger partial charge on any atom is -0.480 e. The van der Waals surface area contributed by atoms with Crippen LogP contribution >= 0.6 is 0 Å². The molecular weight excluding hydrogens is 814 g/mol. The standard InChI is InChI=1S/C38H55N13O11/c1-40-36(60)28(51-16-14-49(20-31(55)56)12-13-50(15-17-51)21-32(57)58)7-9-30(54)42-11-10-41-29(53)8-6-26(22-62-23-52)46-35(59)24-2-4-25(5-3-24)43-18-27-19-44-34-33(45-27)37(61)48-38(39)47-34/h2-5,19,26,28,43,52H,6-18,20-23H2,1H3,(H,40,60)(H,41,53)(H,42,54)(H,46,59)(H,55,56)(H,57,58)(H3,39,44,47,48,61). The predicted octanol–water partition coefficient (Wildman–Crippen LogP) is -3.03. The molecule has 1 aliphatic heterocycles. The van der Waals surface area contributed by atoms with Crippen molar-refractivity contribution < 1.29 is 48.8 Å². The number of carboxylic acid groups (broad SMARTS) is 2. The average Bonchev–Trinajstić information content (AvgIpc) is 3.33. The van der Waals surface area contributed by atoms with Crippen molar-refractivity contribution in [2.24, 2.45) is 0 Å². The Kier molecular flexibility index (Phi) is 19.3. The van der Waals surface area contributed by atoms with Gasteiger partial charge >= 0.3 is 11.9 Å². The van der Waals surface area contributed by atoms with Gasteiger partial charge in [-0.1, -0.05) is 0 Å². The van der Waals surface area contributed by atoms with Crippen LogP contribution in [0.5, 0.6) is 0 Å². The maximum atomic E-state index is 13.1. The number of aromatic amines is 1. The van der Waals surface area contributed by atoms with Crippen molar-refractivity contribution in [2.75, 3.05) is 96.9 Å². The van der Waals surface area contributed by atoms with Gasteiger partial charge in [0.25, 0.3) is 11.5 Å². The zero-order chi connectivity index (χ0) is 45.0. The number of ether oxygens (including phenoxy) is 1. The molecule has 1 aromatic carbocycles. The van der Waals surface area contributed by atoms with Crippen molar-refractivity contribution in [1.29, 1.82) is 0 Å². The third kappa shape index (κ3) is 16.3. The number of nitrogens with one attached hydrogen (secondary N) is 6. The zero-order valence-corrected chi connectivity index (χ0v) is 34.4. The first-order chi connectivity index (χ1) is 29.7. The normalized spacial score (nSPS) is 15.0.